The lowest BCUT2D eigenvalue weighted by molar-refractivity contribution is 0.221. The second-order valence-electron chi connectivity index (χ2n) is 6.66. The van der Waals surface area contributed by atoms with E-state index in [1.807, 2.05) is 11.3 Å². The van der Waals surface area contributed by atoms with Crippen LogP contribution in [0.15, 0.2) is 0 Å². The van der Waals surface area contributed by atoms with Crippen molar-refractivity contribution in [1.29, 1.82) is 0 Å². The Morgan fingerprint density at radius 3 is 2.65 bits per heavy atom. The van der Waals surface area contributed by atoms with Crippen LogP contribution in [0.3, 0.4) is 0 Å². The van der Waals surface area contributed by atoms with Gasteiger partial charge in [0.1, 0.15) is 0 Å². The van der Waals surface area contributed by atoms with E-state index in [4.69, 9.17) is 4.98 Å². The van der Waals surface area contributed by atoms with Gasteiger partial charge in [-0.1, -0.05) is 6.42 Å². The Labute approximate surface area is 125 Å². The first-order valence-corrected chi connectivity index (χ1v) is 9.14. The average Bonchev–Trinajstić information content (AvgIpc) is 2.75. The highest BCUT2D eigenvalue weighted by Crippen LogP contribution is 2.36. The van der Waals surface area contributed by atoms with Crippen molar-refractivity contribution in [2.24, 2.45) is 5.92 Å². The molecular weight excluding hydrogens is 266 g/mol. The molecule has 0 bridgehead atoms. The molecule has 0 amide bonds. The van der Waals surface area contributed by atoms with Crippen molar-refractivity contribution in [3.8, 4) is 0 Å². The number of nitrogens with one attached hydrogen (secondary N) is 2. The molecule has 1 saturated heterocycles. The third-order valence-electron chi connectivity index (χ3n) is 5.42. The number of hydrogen-bond acceptors (Lipinski definition) is 4. The summed E-state index contributed by atoms with van der Waals surface area (Å²) in [7, 11) is 0. The molecule has 1 unspecified atom stereocenters. The Hall–Kier alpha value is -0.450. The highest BCUT2D eigenvalue weighted by Gasteiger charge is 2.30. The second-order valence-corrected chi connectivity index (χ2v) is 7.78. The van der Waals surface area contributed by atoms with Crippen molar-refractivity contribution >= 4 is 11.3 Å². The van der Waals surface area contributed by atoms with Crippen LogP contribution in [0.5, 0.6) is 0 Å². The van der Waals surface area contributed by atoms with Gasteiger partial charge in [0.15, 0.2) is 0 Å². The summed E-state index contributed by atoms with van der Waals surface area (Å²) in [5, 5.41) is 8.66. The van der Waals surface area contributed by atoms with Gasteiger partial charge in [-0.2, -0.15) is 0 Å². The van der Waals surface area contributed by atoms with Crippen molar-refractivity contribution in [3.63, 3.8) is 0 Å². The number of aromatic nitrogens is 1. The molecule has 1 aromatic heterocycles. The van der Waals surface area contributed by atoms with Crippen LogP contribution in [-0.4, -0.2) is 24.1 Å². The summed E-state index contributed by atoms with van der Waals surface area (Å²) >= 11 is 2.02. The van der Waals surface area contributed by atoms with Crippen LogP contribution < -0.4 is 10.6 Å². The number of piperidine rings is 1. The molecule has 4 heteroatoms. The van der Waals surface area contributed by atoms with Crippen molar-refractivity contribution in [1.82, 2.24) is 15.6 Å². The highest BCUT2D eigenvalue weighted by molar-refractivity contribution is 7.11. The van der Waals surface area contributed by atoms with E-state index < -0.39 is 0 Å². The monoisotopic (exact) mass is 291 g/mol. The number of aryl methyl sites for hydroxylation is 1. The molecule has 1 saturated carbocycles. The molecule has 3 aliphatic rings. The molecule has 1 atom stereocenters. The molecule has 0 aromatic carbocycles. The summed E-state index contributed by atoms with van der Waals surface area (Å²) in [5.74, 6) is 1.67. The van der Waals surface area contributed by atoms with E-state index in [0.717, 1.165) is 37.5 Å². The maximum atomic E-state index is 5.00. The first kappa shape index (κ1) is 13.2. The Morgan fingerprint density at radius 1 is 1.05 bits per heavy atom. The third kappa shape index (κ3) is 2.53. The summed E-state index contributed by atoms with van der Waals surface area (Å²) in [6.45, 7) is 3.34. The number of fused-ring (bicyclic) bond motifs is 1. The molecule has 110 valence electrons. The highest BCUT2D eigenvalue weighted by atomic mass is 32.1. The molecule has 4 rings (SSSR count). The first-order valence-electron chi connectivity index (χ1n) is 8.33. The zero-order chi connectivity index (χ0) is 13.4. The van der Waals surface area contributed by atoms with Gasteiger partial charge in [-0.05, 0) is 57.5 Å². The van der Waals surface area contributed by atoms with Crippen LogP contribution in [0.1, 0.15) is 60.0 Å². The number of thiazole rings is 1. The van der Waals surface area contributed by atoms with E-state index in [0.29, 0.717) is 0 Å². The quantitative estimate of drug-likeness (QED) is 0.880. The molecule has 20 heavy (non-hydrogen) atoms. The maximum Gasteiger partial charge on any atom is 0.0963 e. The predicted molar refractivity (Wildman–Crippen MR) is 83.2 cm³/mol. The minimum atomic E-state index is 0.718. The molecule has 2 aliphatic heterocycles. The fourth-order valence-electron chi connectivity index (χ4n) is 3.84. The third-order valence-corrected chi connectivity index (χ3v) is 6.74. The summed E-state index contributed by atoms with van der Waals surface area (Å²) in [4.78, 5) is 6.58. The predicted octanol–water partition coefficient (Wildman–Crippen LogP) is 2.81. The summed E-state index contributed by atoms with van der Waals surface area (Å²) in [6.07, 6.45) is 9.45. The van der Waals surface area contributed by atoms with Crippen LogP contribution in [0.4, 0.5) is 0 Å². The van der Waals surface area contributed by atoms with Gasteiger partial charge in [0.05, 0.1) is 10.7 Å². The lowest BCUT2D eigenvalue weighted by Crippen LogP contribution is -2.38. The van der Waals surface area contributed by atoms with E-state index >= 15 is 0 Å². The summed E-state index contributed by atoms with van der Waals surface area (Å²) < 4.78 is 0. The second kappa shape index (κ2) is 5.74. The van der Waals surface area contributed by atoms with E-state index in [-0.39, 0.29) is 0 Å². The molecule has 0 radical (unpaired) electrons. The largest absolute Gasteiger partial charge is 0.317 e. The van der Waals surface area contributed by atoms with Gasteiger partial charge >= 0.3 is 0 Å². The average molecular weight is 291 g/mol. The Morgan fingerprint density at radius 2 is 1.90 bits per heavy atom. The standard InChI is InChI=1S/C16H25N3S/c1-2-11(3-1)13-4-5-15-14(10-18-13)19-16(20-15)12-6-8-17-9-7-12/h11-13,17-18H,1-10H2. The minimum absolute atomic E-state index is 0.718. The van der Waals surface area contributed by atoms with Gasteiger partial charge in [-0.15, -0.1) is 11.3 Å². The molecule has 3 heterocycles. The number of rotatable bonds is 2. The smallest absolute Gasteiger partial charge is 0.0963 e. The van der Waals surface area contributed by atoms with Gasteiger partial charge in [0, 0.05) is 23.4 Å². The van der Waals surface area contributed by atoms with Crippen molar-refractivity contribution in [2.45, 2.75) is 63.5 Å². The molecule has 2 fully saturated rings. The SMILES string of the molecule is C1CC(C2CCc3sc(C4CCNCC4)nc3CN2)C1. The van der Waals surface area contributed by atoms with Crippen LogP contribution in [0.25, 0.3) is 0 Å². The lowest BCUT2D eigenvalue weighted by Gasteiger charge is -2.33. The summed E-state index contributed by atoms with van der Waals surface area (Å²) in [6, 6.07) is 0.757. The first-order chi connectivity index (χ1) is 9.90. The van der Waals surface area contributed by atoms with E-state index in [1.54, 1.807) is 4.88 Å². The van der Waals surface area contributed by atoms with Gasteiger partial charge in [-0.25, -0.2) is 4.98 Å². The molecule has 1 aliphatic carbocycles. The van der Waals surface area contributed by atoms with E-state index in [9.17, 15) is 0 Å². The van der Waals surface area contributed by atoms with Crippen molar-refractivity contribution in [3.05, 3.63) is 15.6 Å². The van der Waals surface area contributed by atoms with Crippen molar-refractivity contribution in [2.75, 3.05) is 13.1 Å². The topological polar surface area (TPSA) is 37.0 Å². The molecular formula is C16H25N3S. The molecule has 1 aromatic rings. The number of nitrogens with zero attached hydrogens (tertiary/aromatic N) is 1. The fourth-order valence-corrected chi connectivity index (χ4v) is 5.11. The van der Waals surface area contributed by atoms with Crippen LogP contribution in [0, 0.1) is 5.92 Å². The Bertz CT molecular complexity index is 435. The van der Waals surface area contributed by atoms with Gasteiger partial charge in [0.25, 0.3) is 0 Å². The van der Waals surface area contributed by atoms with Gasteiger partial charge in [0.2, 0.25) is 0 Å². The van der Waals surface area contributed by atoms with Crippen molar-refractivity contribution < 1.29 is 0 Å². The minimum Gasteiger partial charge on any atom is -0.317 e. The fraction of sp³-hybridized carbons (Fsp3) is 0.812. The van der Waals surface area contributed by atoms with E-state index in [1.165, 1.54) is 55.6 Å². The maximum absolute atomic E-state index is 5.00. The molecule has 3 nitrogen and oxygen atoms in total. The van der Waals surface area contributed by atoms with Gasteiger partial charge < -0.3 is 10.6 Å². The number of hydrogen-bond donors (Lipinski definition) is 2. The van der Waals surface area contributed by atoms with Crippen LogP contribution >= 0.6 is 11.3 Å². The molecule has 2 N–H and O–H groups in total. The summed E-state index contributed by atoms with van der Waals surface area (Å²) in [5.41, 5.74) is 1.37. The normalized spacial score (nSPS) is 28.7. The zero-order valence-electron chi connectivity index (χ0n) is 12.2. The van der Waals surface area contributed by atoms with E-state index in [2.05, 4.69) is 10.6 Å². The lowest BCUT2D eigenvalue weighted by atomic mass is 9.78. The molecule has 0 spiro atoms. The van der Waals surface area contributed by atoms with Crippen LogP contribution in [-0.2, 0) is 13.0 Å². The van der Waals surface area contributed by atoms with Gasteiger partial charge in [-0.3, -0.25) is 0 Å². The zero-order valence-corrected chi connectivity index (χ0v) is 13.0. The Kier molecular flexibility index (Phi) is 3.80. The van der Waals surface area contributed by atoms with Crippen LogP contribution in [0.2, 0.25) is 0 Å². The Balaban J connectivity index is 1.45.